The van der Waals surface area contributed by atoms with Crippen molar-refractivity contribution in [3.8, 4) is 0 Å². The molecule has 0 radical (unpaired) electrons. The molecule has 0 spiro atoms. The molecule has 1 N–H and O–H groups in total. The molecule has 22 heavy (non-hydrogen) atoms. The van der Waals surface area contributed by atoms with Crippen LogP contribution >= 0.6 is 0 Å². The maximum absolute atomic E-state index is 13.1. The van der Waals surface area contributed by atoms with E-state index in [1.54, 1.807) is 45.3 Å². The Morgan fingerprint density at radius 3 is 2.45 bits per heavy atom. The number of alkyl halides is 3. The summed E-state index contributed by atoms with van der Waals surface area (Å²) in [4.78, 5) is 17.1. The van der Waals surface area contributed by atoms with Crippen LogP contribution in [0.5, 0.6) is 0 Å². The van der Waals surface area contributed by atoms with Gasteiger partial charge in [0.15, 0.2) is 0 Å². The first kappa shape index (κ1) is 18.3. The van der Waals surface area contributed by atoms with Crippen LogP contribution in [0.25, 0.3) is 0 Å². The molecular formula is C15H22F3N3O. The van der Waals surface area contributed by atoms with Gasteiger partial charge in [-0.1, -0.05) is 26.8 Å². The fraction of sp³-hybridized carbons (Fsp3) is 0.600. The van der Waals surface area contributed by atoms with Crippen molar-refractivity contribution in [3.05, 3.63) is 30.1 Å². The number of hydrogen-bond donors (Lipinski definition) is 1. The Balaban J connectivity index is 2.70. The van der Waals surface area contributed by atoms with E-state index in [-0.39, 0.29) is 13.0 Å². The molecule has 1 unspecified atom stereocenters. The molecular weight excluding hydrogens is 295 g/mol. The largest absolute Gasteiger partial charge is 0.408 e. The average molecular weight is 317 g/mol. The van der Waals surface area contributed by atoms with Crippen molar-refractivity contribution < 1.29 is 18.0 Å². The maximum atomic E-state index is 13.1. The Bertz CT molecular complexity index is 483. The first-order valence-electron chi connectivity index (χ1n) is 6.96. The molecule has 0 saturated carbocycles. The van der Waals surface area contributed by atoms with Crippen LogP contribution in [0.1, 0.15) is 32.8 Å². The molecule has 1 heterocycles. The summed E-state index contributed by atoms with van der Waals surface area (Å²) >= 11 is 0. The summed E-state index contributed by atoms with van der Waals surface area (Å²) in [6, 6.07) is 0.846. The number of carbonyl (C=O) groups excluding carboxylic acids is 1. The molecule has 124 valence electrons. The molecule has 1 aromatic heterocycles. The lowest BCUT2D eigenvalue weighted by atomic mass is 9.88. The maximum Gasteiger partial charge on any atom is 0.408 e. The summed E-state index contributed by atoms with van der Waals surface area (Å²) in [6.07, 6.45) is -1.49. The molecule has 0 aliphatic carbocycles. The third kappa shape index (κ3) is 6.32. The van der Waals surface area contributed by atoms with Crippen molar-refractivity contribution in [2.75, 3.05) is 7.05 Å². The molecule has 1 aromatic rings. The van der Waals surface area contributed by atoms with E-state index in [1.807, 2.05) is 0 Å². The molecule has 0 saturated heterocycles. The first-order valence-corrected chi connectivity index (χ1v) is 6.96. The van der Waals surface area contributed by atoms with E-state index in [2.05, 4.69) is 10.3 Å². The van der Waals surface area contributed by atoms with E-state index in [4.69, 9.17) is 0 Å². The van der Waals surface area contributed by atoms with Gasteiger partial charge in [0, 0.05) is 26.0 Å². The SMILES string of the molecule is CN(Cc1cccnc1)C(=O)NC(CC(C)(C)C)C(F)(F)F. The van der Waals surface area contributed by atoms with Gasteiger partial charge in [-0.2, -0.15) is 13.2 Å². The number of carbonyl (C=O) groups is 1. The number of rotatable bonds is 4. The molecule has 0 aromatic carbocycles. The van der Waals surface area contributed by atoms with Crippen LogP contribution in [0.3, 0.4) is 0 Å². The Labute approximate surface area is 128 Å². The molecule has 1 atom stereocenters. The lowest BCUT2D eigenvalue weighted by Crippen LogP contribution is -2.51. The number of amides is 2. The lowest BCUT2D eigenvalue weighted by molar-refractivity contribution is -0.159. The fourth-order valence-corrected chi connectivity index (χ4v) is 1.96. The molecule has 0 bridgehead atoms. The zero-order valence-corrected chi connectivity index (χ0v) is 13.2. The van der Waals surface area contributed by atoms with Crippen LogP contribution in [0.15, 0.2) is 24.5 Å². The van der Waals surface area contributed by atoms with Crippen LogP contribution in [0.2, 0.25) is 0 Å². The van der Waals surface area contributed by atoms with Crippen molar-refractivity contribution in [1.29, 1.82) is 0 Å². The molecule has 7 heteroatoms. The van der Waals surface area contributed by atoms with Gasteiger partial charge in [-0.05, 0) is 23.5 Å². The highest BCUT2D eigenvalue weighted by Crippen LogP contribution is 2.30. The number of urea groups is 1. The van der Waals surface area contributed by atoms with Crippen LogP contribution < -0.4 is 5.32 Å². The van der Waals surface area contributed by atoms with Gasteiger partial charge in [0.2, 0.25) is 0 Å². The predicted octanol–water partition coefficient (Wildman–Crippen LogP) is 3.59. The summed E-state index contributed by atoms with van der Waals surface area (Å²) in [5.74, 6) is 0. The number of aromatic nitrogens is 1. The first-order chi connectivity index (χ1) is 9.99. The summed E-state index contributed by atoms with van der Waals surface area (Å²) in [6.45, 7) is 5.31. The Hall–Kier alpha value is -1.79. The molecule has 0 fully saturated rings. The second-order valence-electron chi connectivity index (χ2n) is 6.53. The van der Waals surface area contributed by atoms with Crippen molar-refractivity contribution in [2.24, 2.45) is 5.41 Å². The van der Waals surface area contributed by atoms with Gasteiger partial charge >= 0.3 is 12.2 Å². The Morgan fingerprint density at radius 2 is 2.00 bits per heavy atom. The highest BCUT2D eigenvalue weighted by Gasteiger charge is 2.43. The van der Waals surface area contributed by atoms with Crippen molar-refractivity contribution in [3.63, 3.8) is 0 Å². The number of nitrogens with zero attached hydrogens (tertiary/aromatic N) is 2. The summed E-state index contributed by atoms with van der Waals surface area (Å²) in [7, 11) is 1.45. The number of pyridine rings is 1. The highest BCUT2D eigenvalue weighted by atomic mass is 19.4. The Morgan fingerprint density at radius 1 is 1.36 bits per heavy atom. The van der Waals surface area contributed by atoms with Crippen molar-refractivity contribution >= 4 is 6.03 Å². The third-order valence-electron chi connectivity index (χ3n) is 3.00. The zero-order valence-electron chi connectivity index (χ0n) is 13.2. The van der Waals surface area contributed by atoms with Crippen molar-refractivity contribution in [1.82, 2.24) is 15.2 Å². The van der Waals surface area contributed by atoms with Crippen molar-refractivity contribution in [2.45, 2.75) is 46.0 Å². The minimum absolute atomic E-state index is 0.178. The van der Waals surface area contributed by atoms with E-state index in [1.165, 1.54) is 11.9 Å². The van der Waals surface area contributed by atoms with Gasteiger partial charge < -0.3 is 10.2 Å². The predicted molar refractivity (Wildman–Crippen MR) is 78.2 cm³/mol. The topological polar surface area (TPSA) is 45.2 Å². The summed E-state index contributed by atoms with van der Waals surface area (Å²) < 4.78 is 39.2. The monoisotopic (exact) mass is 317 g/mol. The standard InChI is InChI=1S/C15H22F3N3O/c1-14(2,3)8-12(15(16,17)18)20-13(22)21(4)10-11-6-5-7-19-9-11/h5-7,9,12H,8,10H2,1-4H3,(H,20,22). The zero-order chi connectivity index (χ0) is 17.0. The van der Waals surface area contributed by atoms with Gasteiger partial charge in [0.25, 0.3) is 0 Å². The van der Waals surface area contributed by atoms with Crippen LogP contribution in [0, 0.1) is 5.41 Å². The highest BCUT2D eigenvalue weighted by molar-refractivity contribution is 5.74. The van der Waals surface area contributed by atoms with Crippen LogP contribution in [0.4, 0.5) is 18.0 Å². The minimum Gasteiger partial charge on any atom is -0.326 e. The van der Waals surface area contributed by atoms with E-state index in [0.29, 0.717) is 0 Å². The fourth-order valence-electron chi connectivity index (χ4n) is 1.96. The molecule has 1 rings (SSSR count). The second-order valence-corrected chi connectivity index (χ2v) is 6.53. The molecule has 0 aliphatic heterocycles. The van der Waals surface area contributed by atoms with E-state index in [0.717, 1.165) is 5.56 Å². The van der Waals surface area contributed by atoms with Crippen LogP contribution in [-0.4, -0.2) is 35.2 Å². The normalized spacial score (nSPS) is 13.6. The number of halogens is 3. The third-order valence-corrected chi connectivity index (χ3v) is 3.00. The molecule has 4 nitrogen and oxygen atoms in total. The van der Waals surface area contributed by atoms with E-state index >= 15 is 0 Å². The van der Waals surface area contributed by atoms with Gasteiger partial charge in [-0.25, -0.2) is 4.79 Å². The van der Waals surface area contributed by atoms with Gasteiger partial charge in [0.05, 0.1) is 0 Å². The summed E-state index contributed by atoms with van der Waals surface area (Å²) in [5.41, 5.74) is 0.203. The van der Waals surface area contributed by atoms with E-state index < -0.39 is 23.7 Å². The lowest BCUT2D eigenvalue weighted by Gasteiger charge is -2.30. The van der Waals surface area contributed by atoms with Gasteiger partial charge in [0.1, 0.15) is 6.04 Å². The average Bonchev–Trinajstić information content (AvgIpc) is 2.36. The molecule has 2 amide bonds. The number of nitrogens with one attached hydrogen (secondary N) is 1. The van der Waals surface area contributed by atoms with Crippen LogP contribution in [-0.2, 0) is 6.54 Å². The summed E-state index contributed by atoms with van der Waals surface area (Å²) in [5, 5.41) is 2.08. The van der Waals surface area contributed by atoms with E-state index in [9.17, 15) is 18.0 Å². The number of hydrogen-bond acceptors (Lipinski definition) is 2. The second kappa shape index (κ2) is 6.98. The smallest absolute Gasteiger partial charge is 0.326 e. The minimum atomic E-state index is -4.47. The Kier molecular flexibility index (Phi) is 5.79. The van der Waals surface area contributed by atoms with Gasteiger partial charge in [-0.15, -0.1) is 0 Å². The molecule has 0 aliphatic rings. The van der Waals surface area contributed by atoms with Gasteiger partial charge in [-0.3, -0.25) is 4.98 Å². The quantitative estimate of drug-likeness (QED) is 0.922.